The highest BCUT2D eigenvalue weighted by molar-refractivity contribution is 8.17. The van der Waals surface area contributed by atoms with Crippen molar-refractivity contribution in [3.63, 3.8) is 0 Å². The molecule has 0 spiro atoms. The van der Waals surface area contributed by atoms with Crippen LogP contribution in [0.2, 0.25) is 0 Å². The van der Waals surface area contributed by atoms with Gasteiger partial charge in [0, 0.05) is 0 Å². The molecule has 1 N–H and O–H groups in total. The van der Waals surface area contributed by atoms with Crippen LogP contribution in [0.5, 0.6) is 0 Å². The standard InChI is InChI=1S/C8H14N2OS/c1-4-8(5-2)9-6(3)7(10-11)12-8/h11H,4-5H2,1-3H3/b10-7-. The van der Waals surface area contributed by atoms with E-state index in [2.05, 4.69) is 24.0 Å². The summed E-state index contributed by atoms with van der Waals surface area (Å²) in [5, 5.41) is 12.5. The van der Waals surface area contributed by atoms with Gasteiger partial charge in [0.05, 0.1) is 5.71 Å². The Balaban J connectivity index is 2.89. The first kappa shape index (κ1) is 9.58. The maximum atomic E-state index is 8.65. The van der Waals surface area contributed by atoms with Gasteiger partial charge in [0.15, 0.2) is 5.04 Å². The van der Waals surface area contributed by atoms with E-state index in [1.807, 2.05) is 6.92 Å². The fourth-order valence-electron chi connectivity index (χ4n) is 1.28. The van der Waals surface area contributed by atoms with Gasteiger partial charge >= 0.3 is 0 Å². The van der Waals surface area contributed by atoms with E-state index in [1.54, 1.807) is 11.8 Å². The summed E-state index contributed by atoms with van der Waals surface area (Å²) in [6, 6.07) is 0. The topological polar surface area (TPSA) is 45.0 Å². The molecule has 0 radical (unpaired) electrons. The third kappa shape index (κ3) is 1.48. The molecule has 0 atom stereocenters. The average molecular weight is 186 g/mol. The fourth-order valence-corrected chi connectivity index (χ4v) is 2.34. The third-order valence-corrected chi connectivity index (χ3v) is 3.78. The number of nitrogens with zero attached hydrogens (tertiary/aromatic N) is 2. The highest BCUT2D eigenvalue weighted by Crippen LogP contribution is 2.40. The van der Waals surface area contributed by atoms with Gasteiger partial charge in [-0.3, -0.25) is 4.99 Å². The predicted molar refractivity (Wildman–Crippen MR) is 53.2 cm³/mol. The molecule has 1 heterocycles. The first-order valence-electron chi connectivity index (χ1n) is 4.15. The minimum absolute atomic E-state index is 0.0638. The summed E-state index contributed by atoms with van der Waals surface area (Å²) in [6.07, 6.45) is 1.95. The van der Waals surface area contributed by atoms with Gasteiger partial charge in [0.1, 0.15) is 4.87 Å². The Labute approximate surface area is 77.0 Å². The lowest BCUT2D eigenvalue weighted by Gasteiger charge is -2.19. The molecular formula is C8H14N2OS. The average Bonchev–Trinajstić information content (AvgIpc) is 2.43. The molecule has 0 fully saturated rings. The lowest BCUT2D eigenvalue weighted by atomic mass is 10.2. The number of oxime groups is 1. The van der Waals surface area contributed by atoms with Crippen molar-refractivity contribution in [2.45, 2.75) is 38.5 Å². The maximum absolute atomic E-state index is 8.65. The zero-order chi connectivity index (χ0) is 9.19. The lowest BCUT2D eigenvalue weighted by molar-refractivity contribution is 0.321. The van der Waals surface area contributed by atoms with Crippen LogP contribution < -0.4 is 0 Å². The lowest BCUT2D eigenvalue weighted by Crippen LogP contribution is -2.16. The molecule has 0 aromatic rings. The summed E-state index contributed by atoms with van der Waals surface area (Å²) >= 11 is 1.56. The second kappa shape index (κ2) is 3.47. The van der Waals surface area contributed by atoms with Crippen molar-refractivity contribution in [3.05, 3.63) is 0 Å². The summed E-state index contributed by atoms with van der Waals surface area (Å²) < 4.78 is 0. The molecule has 0 unspecified atom stereocenters. The highest BCUT2D eigenvalue weighted by Gasteiger charge is 2.35. The predicted octanol–water partition coefficient (Wildman–Crippen LogP) is 2.50. The zero-order valence-corrected chi connectivity index (χ0v) is 8.48. The molecule has 0 aromatic heterocycles. The van der Waals surface area contributed by atoms with Gasteiger partial charge in [0.2, 0.25) is 0 Å². The van der Waals surface area contributed by atoms with Gasteiger partial charge < -0.3 is 5.21 Å². The van der Waals surface area contributed by atoms with Gasteiger partial charge in [0.25, 0.3) is 0 Å². The van der Waals surface area contributed by atoms with Crippen LogP contribution in [0, 0.1) is 0 Å². The van der Waals surface area contributed by atoms with E-state index in [9.17, 15) is 0 Å². The first-order valence-corrected chi connectivity index (χ1v) is 4.97. The zero-order valence-electron chi connectivity index (χ0n) is 7.66. The van der Waals surface area contributed by atoms with Crippen LogP contribution in [0.25, 0.3) is 0 Å². The second-order valence-corrected chi connectivity index (χ2v) is 4.21. The van der Waals surface area contributed by atoms with Crippen molar-refractivity contribution in [2.75, 3.05) is 0 Å². The maximum Gasteiger partial charge on any atom is 0.158 e. The normalized spacial score (nSPS) is 24.6. The number of hydrogen-bond donors (Lipinski definition) is 1. The van der Waals surface area contributed by atoms with Crippen LogP contribution >= 0.6 is 11.8 Å². The molecule has 1 aliphatic heterocycles. The molecule has 1 rings (SSSR count). The molecule has 0 amide bonds. The van der Waals surface area contributed by atoms with Crippen molar-refractivity contribution in [2.24, 2.45) is 10.1 Å². The van der Waals surface area contributed by atoms with Crippen molar-refractivity contribution in [1.29, 1.82) is 0 Å². The second-order valence-electron chi connectivity index (χ2n) is 2.86. The molecule has 0 bridgehead atoms. The van der Waals surface area contributed by atoms with Gasteiger partial charge in [-0.2, -0.15) is 0 Å². The Morgan fingerprint density at radius 3 is 2.33 bits per heavy atom. The van der Waals surface area contributed by atoms with Crippen LogP contribution in [0.4, 0.5) is 0 Å². The number of thioether (sulfide) groups is 1. The molecule has 1 aliphatic rings. The Hall–Kier alpha value is -0.510. The molecule has 4 heteroatoms. The summed E-state index contributed by atoms with van der Waals surface area (Å²) in [6.45, 7) is 6.09. The van der Waals surface area contributed by atoms with Crippen molar-refractivity contribution >= 4 is 22.5 Å². The van der Waals surface area contributed by atoms with Crippen LogP contribution in [-0.2, 0) is 0 Å². The SMILES string of the molecule is CCC1(CC)N=C(C)/C(=N/O)S1. The van der Waals surface area contributed by atoms with Crippen LogP contribution in [0.1, 0.15) is 33.6 Å². The van der Waals surface area contributed by atoms with E-state index in [-0.39, 0.29) is 4.87 Å². The van der Waals surface area contributed by atoms with E-state index < -0.39 is 0 Å². The van der Waals surface area contributed by atoms with E-state index >= 15 is 0 Å². The summed E-state index contributed by atoms with van der Waals surface area (Å²) in [5.74, 6) is 0. The van der Waals surface area contributed by atoms with Crippen LogP contribution in [0.15, 0.2) is 10.1 Å². The molecule has 12 heavy (non-hydrogen) atoms. The van der Waals surface area contributed by atoms with Crippen molar-refractivity contribution in [1.82, 2.24) is 0 Å². The van der Waals surface area contributed by atoms with Gasteiger partial charge in [-0.15, -0.1) is 0 Å². The monoisotopic (exact) mass is 186 g/mol. The fraction of sp³-hybridized carbons (Fsp3) is 0.750. The molecule has 0 aliphatic carbocycles. The summed E-state index contributed by atoms with van der Waals surface area (Å²) in [4.78, 5) is 4.43. The molecule has 3 nitrogen and oxygen atoms in total. The summed E-state index contributed by atoms with van der Waals surface area (Å²) in [5.41, 5.74) is 0.853. The van der Waals surface area contributed by atoms with Crippen LogP contribution in [-0.4, -0.2) is 20.8 Å². The van der Waals surface area contributed by atoms with Gasteiger partial charge in [-0.05, 0) is 19.8 Å². The van der Waals surface area contributed by atoms with E-state index in [0.717, 1.165) is 18.6 Å². The summed E-state index contributed by atoms with van der Waals surface area (Å²) in [7, 11) is 0. The number of aliphatic imine (C=N–C) groups is 1. The molecular weight excluding hydrogens is 172 g/mol. The minimum atomic E-state index is -0.0638. The van der Waals surface area contributed by atoms with Crippen molar-refractivity contribution in [3.8, 4) is 0 Å². The Morgan fingerprint density at radius 1 is 1.50 bits per heavy atom. The first-order chi connectivity index (χ1) is 5.67. The molecule has 0 saturated heterocycles. The van der Waals surface area contributed by atoms with E-state index in [1.165, 1.54) is 0 Å². The van der Waals surface area contributed by atoms with Gasteiger partial charge in [-0.1, -0.05) is 30.8 Å². The van der Waals surface area contributed by atoms with Gasteiger partial charge in [-0.25, -0.2) is 0 Å². The van der Waals surface area contributed by atoms with E-state index in [0.29, 0.717) is 5.04 Å². The quantitative estimate of drug-likeness (QED) is 0.532. The largest absolute Gasteiger partial charge is 0.410 e. The number of rotatable bonds is 2. The molecule has 68 valence electrons. The number of hydrogen-bond acceptors (Lipinski definition) is 4. The third-order valence-electron chi connectivity index (χ3n) is 2.16. The molecule has 0 saturated carbocycles. The highest BCUT2D eigenvalue weighted by atomic mass is 32.2. The van der Waals surface area contributed by atoms with Crippen LogP contribution in [0.3, 0.4) is 0 Å². The smallest absolute Gasteiger partial charge is 0.158 e. The Kier molecular flexibility index (Phi) is 2.77. The van der Waals surface area contributed by atoms with Crippen molar-refractivity contribution < 1.29 is 5.21 Å². The molecule has 0 aromatic carbocycles. The van der Waals surface area contributed by atoms with E-state index in [4.69, 9.17) is 5.21 Å². The Morgan fingerprint density at radius 2 is 2.08 bits per heavy atom. The Bertz CT molecular complexity index is 231. The minimum Gasteiger partial charge on any atom is -0.410 e.